The Morgan fingerprint density at radius 3 is 2.79 bits per heavy atom. The average Bonchev–Trinajstić information content (AvgIpc) is 2.98. The third-order valence-electron chi connectivity index (χ3n) is 3.86. The van der Waals surface area contributed by atoms with Gasteiger partial charge in [-0.25, -0.2) is 13.4 Å². The number of hydrogen-bond donors (Lipinski definition) is 1. The van der Waals surface area contributed by atoms with Crippen LogP contribution in [0.4, 0.5) is 0 Å². The van der Waals surface area contributed by atoms with E-state index in [1.54, 1.807) is 22.1 Å². The van der Waals surface area contributed by atoms with Crippen LogP contribution in [0.5, 0.6) is 0 Å². The van der Waals surface area contributed by atoms with E-state index in [1.165, 1.54) is 6.33 Å². The van der Waals surface area contributed by atoms with Crippen LogP contribution in [0, 0.1) is 5.92 Å². The fraction of sp³-hybridized carbons (Fsp3) is 0.750. The smallest absolute Gasteiger partial charge is 0.262 e. The van der Waals surface area contributed by atoms with E-state index in [0.29, 0.717) is 13.1 Å². The molecule has 19 heavy (non-hydrogen) atoms. The van der Waals surface area contributed by atoms with Crippen molar-refractivity contribution in [2.24, 2.45) is 18.7 Å². The predicted octanol–water partition coefficient (Wildman–Crippen LogP) is 0.558. The van der Waals surface area contributed by atoms with Crippen LogP contribution in [-0.4, -0.2) is 41.4 Å². The van der Waals surface area contributed by atoms with Crippen LogP contribution in [-0.2, 0) is 17.1 Å². The molecule has 7 heteroatoms. The summed E-state index contributed by atoms with van der Waals surface area (Å²) in [4.78, 5) is 3.98. The highest BCUT2D eigenvalue weighted by molar-refractivity contribution is 7.89. The zero-order chi connectivity index (χ0) is 14.0. The summed E-state index contributed by atoms with van der Waals surface area (Å²) in [6.45, 7) is 2.87. The summed E-state index contributed by atoms with van der Waals surface area (Å²) < 4.78 is 28.5. The lowest BCUT2D eigenvalue weighted by atomic mass is 10.0. The summed E-state index contributed by atoms with van der Waals surface area (Å²) in [6.07, 6.45) is 6.00. The summed E-state index contributed by atoms with van der Waals surface area (Å²) >= 11 is 0. The quantitative estimate of drug-likeness (QED) is 0.857. The Bertz CT molecular complexity index is 526. The van der Waals surface area contributed by atoms with Crippen molar-refractivity contribution in [2.45, 2.75) is 37.3 Å². The molecule has 2 atom stereocenters. The van der Waals surface area contributed by atoms with Crippen LogP contribution in [0.3, 0.4) is 0 Å². The molecule has 0 spiro atoms. The highest BCUT2D eigenvalue weighted by atomic mass is 32.2. The molecule has 0 bridgehead atoms. The van der Waals surface area contributed by atoms with Crippen molar-refractivity contribution < 1.29 is 8.42 Å². The molecule has 0 aromatic carbocycles. The number of rotatable bonds is 5. The lowest BCUT2D eigenvalue weighted by Crippen LogP contribution is -2.44. The maximum absolute atomic E-state index is 12.6. The lowest BCUT2D eigenvalue weighted by molar-refractivity contribution is 0.275. The molecule has 1 heterocycles. The number of nitrogens with two attached hydrogens (primary N) is 1. The zero-order valence-corrected chi connectivity index (χ0v) is 12.3. The van der Waals surface area contributed by atoms with Gasteiger partial charge >= 0.3 is 0 Å². The van der Waals surface area contributed by atoms with Gasteiger partial charge in [-0.3, -0.25) is 0 Å². The van der Waals surface area contributed by atoms with Crippen molar-refractivity contribution in [2.75, 3.05) is 13.1 Å². The zero-order valence-electron chi connectivity index (χ0n) is 11.5. The minimum atomic E-state index is -3.51. The van der Waals surface area contributed by atoms with Crippen LogP contribution in [0.15, 0.2) is 17.6 Å². The number of aryl methyl sites for hydroxylation is 1. The Morgan fingerprint density at radius 1 is 1.53 bits per heavy atom. The van der Waals surface area contributed by atoms with Gasteiger partial charge in [-0.1, -0.05) is 13.3 Å². The van der Waals surface area contributed by atoms with Crippen LogP contribution >= 0.6 is 0 Å². The standard InChI is InChI=1S/C12H22N4O2S/c1-3-16(11-6-4-5-10(11)7-13)19(17,18)12-8-15(2)9-14-12/h8-11H,3-7,13H2,1-2H3. The van der Waals surface area contributed by atoms with Crippen LogP contribution in [0.25, 0.3) is 0 Å². The first-order valence-electron chi connectivity index (χ1n) is 6.70. The number of nitrogens with zero attached hydrogens (tertiary/aromatic N) is 3. The molecular weight excluding hydrogens is 264 g/mol. The molecule has 1 fully saturated rings. The van der Waals surface area contributed by atoms with Crippen molar-refractivity contribution in [1.82, 2.24) is 13.9 Å². The van der Waals surface area contributed by atoms with E-state index >= 15 is 0 Å². The van der Waals surface area contributed by atoms with Gasteiger partial charge in [0.2, 0.25) is 0 Å². The lowest BCUT2D eigenvalue weighted by Gasteiger charge is -2.30. The van der Waals surface area contributed by atoms with Crippen molar-refractivity contribution in [3.8, 4) is 0 Å². The highest BCUT2D eigenvalue weighted by Crippen LogP contribution is 2.32. The number of imidazole rings is 1. The van der Waals surface area contributed by atoms with E-state index in [4.69, 9.17) is 5.73 Å². The Kier molecular flexibility index (Phi) is 4.27. The van der Waals surface area contributed by atoms with Crippen molar-refractivity contribution in [3.63, 3.8) is 0 Å². The fourth-order valence-electron chi connectivity index (χ4n) is 2.90. The maximum atomic E-state index is 12.6. The molecule has 1 aliphatic rings. The molecule has 1 saturated carbocycles. The first kappa shape index (κ1) is 14.5. The Morgan fingerprint density at radius 2 is 2.26 bits per heavy atom. The molecule has 1 aromatic rings. The number of hydrogen-bond acceptors (Lipinski definition) is 4. The highest BCUT2D eigenvalue weighted by Gasteiger charge is 2.38. The van der Waals surface area contributed by atoms with E-state index in [-0.39, 0.29) is 17.0 Å². The molecule has 2 unspecified atom stereocenters. The molecule has 6 nitrogen and oxygen atoms in total. The number of aromatic nitrogens is 2. The largest absolute Gasteiger partial charge is 0.339 e. The van der Waals surface area contributed by atoms with E-state index in [9.17, 15) is 8.42 Å². The molecule has 0 aliphatic heterocycles. The van der Waals surface area contributed by atoms with Gasteiger partial charge in [-0.05, 0) is 25.3 Å². The molecule has 2 N–H and O–H groups in total. The molecule has 1 aliphatic carbocycles. The average molecular weight is 286 g/mol. The van der Waals surface area contributed by atoms with Gasteiger partial charge in [0.05, 0.1) is 6.33 Å². The van der Waals surface area contributed by atoms with Crippen molar-refractivity contribution in [3.05, 3.63) is 12.5 Å². The monoisotopic (exact) mass is 286 g/mol. The Balaban J connectivity index is 2.31. The molecule has 2 rings (SSSR count). The predicted molar refractivity (Wildman–Crippen MR) is 73.0 cm³/mol. The number of sulfonamides is 1. The molecule has 0 saturated heterocycles. The van der Waals surface area contributed by atoms with Gasteiger partial charge in [0, 0.05) is 25.8 Å². The third-order valence-corrected chi connectivity index (χ3v) is 5.74. The van der Waals surface area contributed by atoms with Crippen molar-refractivity contribution >= 4 is 10.0 Å². The SMILES string of the molecule is CCN(C1CCCC1CN)S(=O)(=O)c1cn(C)cn1. The van der Waals surface area contributed by atoms with E-state index in [2.05, 4.69) is 4.98 Å². The fourth-order valence-corrected chi connectivity index (χ4v) is 4.59. The van der Waals surface area contributed by atoms with Gasteiger partial charge < -0.3 is 10.3 Å². The first-order valence-corrected chi connectivity index (χ1v) is 8.14. The van der Waals surface area contributed by atoms with Crippen LogP contribution in [0.1, 0.15) is 26.2 Å². The van der Waals surface area contributed by atoms with Crippen molar-refractivity contribution in [1.29, 1.82) is 0 Å². The molecule has 108 valence electrons. The van der Waals surface area contributed by atoms with E-state index in [0.717, 1.165) is 19.3 Å². The van der Waals surface area contributed by atoms with Gasteiger partial charge in [0.1, 0.15) is 0 Å². The maximum Gasteiger partial charge on any atom is 0.262 e. The van der Waals surface area contributed by atoms with E-state index in [1.807, 2.05) is 6.92 Å². The summed E-state index contributed by atoms with van der Waals surface area (Å²) in [6, 6.07) is 0.0157. The van der Waals surface area contributed by atoms with Crippen LogP contribution < -0.4 is 5.73 Å². The molecule has 0 amide bonds. The summed E-state index contributed by atoms with van der Waals surface area (Å²) in [5.41, 5.74) is 5.76. The van der Waals surface area contributed by atoms with Gasteiger partial charge in [-0.15, -0.1) is 0 Å². The molecule has 1 aromatic heterocycles. The summed E-state index contributed by atoms with van der Waals surface area (Å²) in [5, 5.41) is 0.125. The second-order valence-electron chi connectivity index (χ2n) is 5.08. The summed E-state index contributed by atoms with van der Waals surface area (Å²) in [7, 11) is -1.75. The van der Waals surface area contributed by atoms with E-state index < -0.39 is 10.0 Å². The van der Waals surface area contributed by atoms with Crippen LogP contribution in [0.2, 0.25) is 0 Å². The summed E-state index contributed by atoms with van der Waals surface area (Å²) in [5.74, 6) is 0.262. The first-order chi connectivity index (χ1) is 9.00. The van der Waals surface area contributed by atoms with Gasteiger partial charge in [0.15, 0.2) is 5.03 Å². The topological polar surface area (TPSA) is 81.2 Å². The minimum absolute atomic E-state index is 0.0157. The van der Waals surface area contributed by atoms with Gasteiger partial charge in [-0.2, -0.15) is 4.31 Å². The molecular formula is C12H22N4O2S. The Hall–Kier alpha value is -0.920. The second kappa shape index (κ2) is 5.60. The third kappa shape index (κ3) is 2.68. The molecule has 0 radical (unpaired) electrons. The minimum Gasteiger partial charge on any atom is -0.339 e. The Labute approximate surface area is 114 Å². The second-order valence-corrected chi connectivity index (χ2v) is 6.92. The van der Waals surface area contributed by atoms with Gasteiger partial charge in [0.25, 0.3) is 10.0 Å². The normalized spacial score (nSPS) is 24.2.